The third-order valence-electron chi connectivity index (χ3n) is 5.45. The van der Waals surface area contributed by atoms with Crippen LogP contribution in [0.2, 0.25) is 0 Å². The third-order valence-corrected chi connectivity index (χ3v) is 6.92. The van der Waals surface area contributed by atoms with Crippen molar-refractivity contribution in [2.75, 3.05) is 4.72 Å². The molecule has 4 rings (SSSR count). The summed E-state index contributed by atoms with van der Waals surface area (Å²) in [6, 6.07) is 10.9. The van der Waals surface area contributed by atoms with Crippen LogP contribution in [0.4, 0.5) is 5.69 Å². The number of rotatable bonds is 5. The summed E-state index contributed by atoms with van der Waals surface area (Å²) in [5, 5.41) is 0.836. The molecular formula is C22H24N2O3S. The second-order valence-corrected chi connectivity index (χ2v) is 8.92. The number of fused-ring (bicyclic) bond motifs is 3. The van der Waals surface area contributed by atoms with Crippen LogP contribution < -0.4 is 4.72 Å². The van der Waals surface area contributed by atoms with Gasteiger partial charge in [0, 0.05) is 34.3 Å². The molecule has 0 aliphatic heterocycles. The van der Waals surface area contributed by atoms with Crippen LogP contribution in [0.15, 0.2) is 41.3 Å². The van der Waals surface area contributed by atoms with E-state index in [0.717, 1.165) is 41.5 Å². The molecule has 3 aromatic rings. The second-order valence-electron chi connectivity index (χ2n) is 7.27. The lowest BCUT2D eigenvalue weighted by Crippen LogP contribution is -2.15. The Bertz CT molecular complexity index is 1160. The molecule has 0 atom stereocenters. The van der Waals surface area contributed by atoms with Gasteiger partial charge in [-0.1, -0.05) is 26.0 Å². The third kappa shape index (κ3) is 3.22. The minimum atomic E-state index is -3.74. The molecule has 0 bridgehead atoms. The lowest BCUT2D eigenvalue weighted by molar-refractivity contribution is 0.0974. The number of sulfonamides is 1. The van der Waals surface area contributed by atoms with Crippen molar-refractivity contribution in [1.29, 1.82) is 0 Å². The number of Topliss-reactive ketones (excluding diaryl/α,β-unsaturated/α-hetero) is 1. The maximum atomic E-state index is 13.1. The first-order valence-corrected chi connectivity index (χ1v) is 11.2. The van der Waals surface area contributed by atoms with E-state index in [1.165, 1.54) is 0 Å². The van der Waals surface area contributed by atoms with Crippen molar-refractivity contribution in [3.05, 3.63) is 58.8 Å². The van der Waals surface area contributed by atoms with Crippen LogP contribution in [0, 0.1) is 0 Å². The molecule has 5 nitrogen and oxygen atoms in total. The number of aromatic amines is 1. The fourth-order valence-corrected chi connectivity index (χ4v) is 5.30. The zero-order chi connectivity index (χ0) is 19.9. The number of aromatic nitrogens is 1. The molecule has 0 radical (unpaired) electrons. The van der Waals surface area contributed by atoms with Crippen LogP contribution in [-0.2, 0) is 29.3 Å². The van der Waals surface area contributed by atoms with Gasteiger partial charge in [-0.25, -0.2) is 8.42 Å². The summed E-state index contributed by atoms with van der Waals surface area (Å²) in [7, 11) is -3.74. The molecule has 1 aromatic heterocycles. The second kappa shape index (κ2) is 7.09. The van der Waals surface area contributed by atoms with Crippen molar-refractivity contribution in [2.24, 2.45) is 0 Å². The highest BCUT2D eigenvalue weighted by molar-refractivity contribution is 7.92. The Morgan fingerprint density at radius 2 is 1.79 bits per heavy atom. The first-order valence-electron chi connectivity index (χ1n) is 9.75. The highest BCUT2D eigenvalue weighted by Crippen LogP contribution is 2.33. The Kier molecular flexibility index (Phi) is 4.75. The molecule has 2 N–H and O–H groups in total. The van der Waals surface area contributed by atoms with Gasteiger partial charge in [0.25, 0.3) is 10.0 Å². The van der Waals surface area contributed by atoms with E-state index in [2.05, 4.69) is 16.6 Å². The summed E-state index contributed by atoms with van der Waals surface area (Å²) in [6.45, 7) is 3.99. The normalized spacial score (nSPS) is 14.3. The van der Waals surface area contributed by atoms with E-state index in [1.807, 2.05) is 25.1 Å². The van der Waals surface area contributed by atoms with Crippen LogP contribution in [0.25, 0.3) is 10.9 Å². The Morgan fingerprint density at radius 3 is 2.46 bits per heavy atom. The average molecular weight is 397 g/mol. The van der Waals surface area contributed by atoms with E-state index in [1.54, 1.807) is 18.2 Å². The zero-order valence-electron chi connectivity index (χ0n) is 16.1. The van der Waals surface area contributed by atoms with E-state index in [9.17, 15) is 13.2 Å². The maximum Gasteiger partial charge on any atom is 0.262 e. The van der Waals surface area contributed by atoms with E-state index in [4.69, 9.17) is 0 Å². The number of H-pyrrole nitrogens is 1. The summed E-state index contributed by atoms with van der Waals surface area (Å²) < 4.78 is 28.9. The largest absolute Gasteiger partial charge is 0.358 e. The predicted octanol–water partition coefficient (Wildman–Crippen LogP) is 4.61. The van der Waals surface area contributed by atoms with Gasteiger partial charge in [-0.05, 0) is 61.1 Å². The molecule has 0 saturated heterocycles. The molecule has 1 aliphatic carbocycles. The van der Waals surface area contributed by atoms with Gasteiger partial charge < -0.3 is 4.98 Å². The van der Waals surface area contributed by atoms with Crippen molar-refractivity contribution in [1.82, 2.24) is 4.98 Å². The number of ketones is 1. The maximum absolute atomic E-state index is 13.1. The summed E-state index contributed by atoms with van der Waals surface area (Å²) in [5.41, 5.74) is 4.78. The number of carbonyl (C=O) groups is 1. The number of aryl methyl sites for hydroxylation is 3. The predicted molar refractivity (Wildman–Crippen MR) is 112 cm³/mol. The number of anilines is 1. The summed E-state index contributed by atoms with van der Waals surface area (Å²) >= 11 is 0. The van der Waals surface area contributed by atoms with Crippen molar-refractivity contribution in [2.45, 2.75) is 50.8 Å². The molecule has 0 fully saturated rings. The highest BCUT2D eigenvalue weighted by atomic mass is 32.2. The molecule has 0 spiro atoms. The minimum Gasteiger partial charge on any atom is -0.358 e. The average Bonchev–Trinajstić information content (AvgIpc) is 3.06. The molecule has 0 amide bonds. The molecule has 146 valence electrons. The molecule has 1 aliphatic rings. The van der Waals surface area contributed by atoms with Gasteiger partial charge in [-0.15, -0.1) is 0 Å². The molecule has 1 heterocycles. The van der Waals surface area contributed by atoms with E-state index in [0.29, 0.717) is 29.6 Å². The molecule has 0 unspecified atom stereocenters. The van der Waals surface area contributed by atoms with Gasteiger partial charge in [-0.2, -0.15) is 0 Å². The van der Waals surface area contributed by atoms with E-state index >= 15 is 0 Å². The quantitative estimate of drug-likeness (QED) is 0.661. The molecule has 28 heavy (non-hydrogen) atoms. The lowest BCUT2D eigenvalue weighted by atomic mass is 9.94. The number of hydrogen-bond acceptors (Lipinski definition) is 3. The SMILES string of the molecule is CCc1ccc(NS(=O)(=O)c2cc3[nH]c4c(c3cc2CC)C(=O)CCC4)cc1. The van der Waals surface area contributed by atoms with Crippen LogP contribution >= 0.6 is 0 Å². The van der Waals surface area contributed by atoms with Crippen molar-refractivity contribution >= 4 is 32.4 Å². The fourth-order valence-electron chi connectivity index (χ4n) is 3.92. The van der Waals surface area contributed by atoms with Gasteiger partial charge in [0.1, 0.15) is 0 Å². The van der Waals surface area contributed by atoms with Crippen molar-refractivity contribution in [3.8, 4) is 0 Å². The van der Waals surface area contributed by atoms with E-state index in [-0.39, 0.29) is 10.7 Å². The molecular weight excluding hydrogens is 372 g/mol. The molecule has 6 heteroatoms. The fraction of sp³-hybridized carbons (Fsp3) is 0.318. The van der Waals surface area contributed by atoms with E-state index < -0.39 is 10.0 Å². The molecule has 0 saturated carbocycles. The van der Waals surface area contributed by atoms with Crippen molar-refractivity contribution < 1.29 is 13.2 Å². The summed E-state index contributed by atoms with van der Waals surface area (Å²) in [4.78, 5) is 15.9. The Morgan fingerprint density at radius 1 is 1.04 bits per heavy atom. The minimum absolute atomic E-state index is 0.138. The summed E-state index contributed by atoms with van der Waals surface area (Å²) in [5.74, 6) is 0.138. The Balaban J connectivity index is 1.79. The topological polar surface area (TPSA) is 79.0 Å². The number of hydrogen-bond donors (Lipinski definition) is 2. The first kappa shape index (κ1) is 18.7. The van der Waals surface area contributed by atoms with Gasteiger partial charge in [0.2, 0.25) is 0 Å². The lowest BCUT2D eigenvalue weighted by Gasteiger charge is -2.13. The smallest absolute Gasteiger partial charge is 0.262 e. The van der Waals surface area contributed by atoms with Crippen LogP contribution in [0.1, 0.15) is 53.9 Å². The highest BCUT2D eigenvalue weighted by Gasteiger charge is 2.25. The monoisotopic (exact) mass is 396 g/mol. The summed E-state index contributed by atoms with van der Waals surface area (Å²) in [6.07, 6.45) is 3.67. The van der Waals surface area contributed by atoms with Gasteiger partial charge in [-0.3, -0.25) is 9.52 Å². The number of benzene rings is 2. The molecule has 2 aromatic carbocycles. The van der Waals surface area contributed by atoms with Gasteiger partial charge in [0.15, 0.2) is 5.78 Å². The van der Waals surface area contributed by atoms with Gasteiger partial charge >= 0.3 is 0 Å². The van der Waals surface area contributed by atoms with Gasteiger partial charge in [0.05, 0.1) is 4.90 Å². The first-order chi connectivity index (χ1) is 13.4. The number of nitrogens with one attached hydrogen (secondary N) is 2. The number of carbonyl (C=O) groups excluding carboxylic acids is 1. The van der Waals surface area contributed by atoms with Crippen LogP contribution in [0.5, 0.6) is 0 Å². The van der Waals surface area contributed by atoms with Crippen molar-refractivity contribution in [3.63, 3.8) is 0 Å². The van der Waals surface area contributed by atoms with Crippen LogP contribution in [0.3, 0.4) is 0 Å². The Labute approximate surface area is 165 Å². The van der Waals surface area contributed by atoms with Crippen LogP contribution in [-0.4, -0.2) is 19.2 Å². The standard InChI is InChI=1S/C22H24N2O3S/c1-3-14-8-10-16(11-9-14)24-28(26,27)21-13-19-17(12-15(21)4-2)22-18(23-19)6-5-7-20(22)25/h8-13,23-24H,3-7H2,1-2H3. The zero-order valence-corrected chi connectivity index (χ0v) is 16.9. The Hall–Kier alpha value is -2.60.